The summed E-state index contributed by atoms with van der Waals surface area (Å²) in [6.45, 7) is 3.44. The molecule has 0 aliphatic carbocycles. The molecule has 4 heterocycles. The SMILES string of the molecule is Cc1cc(C(=O)N2CC3(C[C@H](Oc4ncccn4)CCO3)C2)on1. The van der Waals surface area contributed by atoms with Crippen LogP contribution in [0, 0.1) is 6.92 Å². The number of likely N-dealkylation sites (tertiary alicyclic amines) is 1. The van der Waals surface area contributed by atoms with Crippen LogP contribution >= 0.6 is 0 Å². The van der Waals surface area contributed by atoms with Crippen molar-refractivity contribution in [2.24, 2.45) is 0 Å². The molecule has 126 valence electrons. The van der Waals surface area contributed by atoms with Crippen LogP contribution in [0.15, 0.2) is 29.0 Å². The van der Waals surface area contributed by atoms with Crippen molar-refractivity contribution in [2.75, 3.05) is 19.7 Å². The summed E-state index contributed by atoms with van der Waals surface area (Å²) in [7, 11) is 0. The number of amides is 1. The minimum Gasteiger partial charge on any atom is -0.460 e. The predicted molar refractivity (Wildman–Crippen MR) is 81.5 cm³/mol. The Balaban J connectivity index is 1.36. The van der Waals surface area contributed by atoms with E-state index in [-0.39, 0.29) is 23.4 Å². The highest BCUT2D eigenvalue weighted by molar-refractivity contribution is 5.92. The van der Waals surface area contributed by atoms with Gasteiger partial charge in [0.25, 0.3) is 5.91 Å². The van der Waals surface area contributed by atoms with E-state index in [2.05, 4.69) is 15.1 Å². The van der Waals surface area contributed by atoms with Gasteiger partial charge in [-0.3, -0.25) is 4.79 Å². The number of hydrogen-bond acceptors (Lipinski definition) is 7. The van der Waals surface area contributed by atoms with E-state index in [9.17, 15) is 4.79 Å². The molecule has 0 unspecified atom stereocenters. The molecule has 2 saturated heterocycles. The van der Waals surface area contributed by atoms with E-state index in [1.807, 2.05) is 0 Å². The molecule has 1 amide bonds. The topological polar surface area (TPSA) is 90.6 Å². The van der Waals surface area contributed by atoms with Crippen LogP contribution in [0.4, 0.5) is 0 Å². The van der Waals surface area contributed by atoms with Crippen LogP contribution in [0.5, 0.6) is 6.01 Å². The van der Waals surface area contributed by atoms with Crippen molar-refractivity contribution in [1.82, 2.24) is 20.0 Å². The third kappa shape index (κ3) is 2.84. The van der Waals surface area contributed by atoms with Crippen molar-refractivity contribution in [2.45, 2.75) is 31.5 Å². The highest BCUT2D eigenvalue weighted by Crippen LogP contribution is 2.36. The lowest BCUT2D eigenvalue weighted by Crippen LogP contribution is -2.67. The zero-order chi connectivity index (χ0) is 16.6. The Bertz CT molecular complexity index is 727. The summed E-state index contributed by atoms with van der Waals surface area (Å²) in [6, 6.07) is 3.77. The highest BCUT2D eigenvalue weighted by atomic mass is 16.5. The first kappa shape index (κ1) is 15.1. The Morgan fingerprint density at radius 2 is 2.17 bits per heavy atom. The number of rotatable bonds is 3. The van der Waals surface area contributed by atoms with Crippen molar-refractivity contribution in [1.29, 1.82) is 0 Å². The van der Waals surface area contributed by atoms with E-state index in [4.69, 9.17) is 14.0 Å². The highest BCUT2D eigenvalue weighted by Gasteiger charge is 2.50. The second-order valence-electron chi connectivity index (χ2n) is 6.29. The molecule has 0 bridgehead atoms. The van der Waals surface area contributed by atoms with Crippen LogP contribution in [0.3, 0.4) is 0 Å². The maximum Gasteiger partial charge on any atom is 0.316 e. The van der Waals surface area contributed by atoms with Gasteiger partial charge in [-0.25, -0.2) is 9.97 Å². The van der Waals surface area contributed by atoms with Gasteiger partial charge in [-0.05, 0) is 13.0 Å². The van der Waals surface area contributed by atoms with Crippen LogP contribution in [0.2, 0.25) is 0 Å². The standard InChI is InChI=1S/C16H18N4O4/c1-11-7-13(24-19-11)14(21)20-9-16(10-20)8-12(3-6-22-16)23-15-17-4-2-5-18-15/h2,4-5,7,12H,3,6,8-10H2,1H3/t12-/m1/s1. The van der Waals surface area contributed by atoms with Crippen LogP contribution in [-0.4, -0.2) is 57.3 Å². The van der Waals surface area contributed by atoms with Crippen molar-refractivity contribution >= 4 is 5.91 Å². The van der Waals surface area contributed by atoms with E-state index in [0.29, 0.717) is 37.8 Å². The van der Waals surface area contributed by atoms with E-state index in [0.717, 1.165) is 6.42 Å². The van der Waals surface area contributed by atoms with E-state index in [1.54, 1.807) is 36.4 Å². The van der Waals surface area contributed by atoms with E-state index >= 15 is 0 Å². The first-order valence-electron chi connectivity index (χ1n) is 7.94. The molecule has 0 saturated carbocycles. The summed E-state index contributed by atoms with van der Waals surface area (Å²) in [5.74, 6) is 0.114. The molecular formula is C16H18N4O4. The van der Waals surface area contributed by atoms with Crippen LogP contribution in [0.25, 0.3) is 0 Å². The van der Waals surface area contributed by atoms with Crippen LogP contribution in [0.1, 0.15) is 29.1 Å². The molecule has 2 aromatic heterocycles. The lowest BCUT2D eigenvalue weighted by Gasteiger charge is -2.52. The minimum absolute atomic E-state index is 0.00840. The monoisotopic (exact) mass is 330 g/mol. The average molecular weight is 330 g/mol. The van der Waals surface area contributed by atoms with Crippen LogP contribution in [-0.2, 0) is 4.74 Å². The number of carbonyl (C=O) groups excluding carboxylic acids is 1. The fourth-order valence-corrected chi connectivity index (χ4v) is 3.21. The first-order chi connectivity index (χ1) is 11.6. The molecule has 0 aromatic carbocycles. The second-order valence-corrected chi connectivity index (χ2v) is 6.29. The molecule has 24 heavy (non-hydrogen) atoms. The summed E-state index contributed by atoms with van der Waals surface area (Å²) in [5.41, 5.74) is 0.349. The molecule has 1 atom stereocenters. The van der Waals surface area contributed by atoms with Gasteiger partial charge in [-0.15, -0.1) is 0 Å². The van der Waals surface area contributed by atoms with Gasteiger partial charge in [-0.2, -0.15) is 0 Å². The molecule has 8 nitrogen and oxygen atoms in total. The molecule has 8 heteroatoms. The van der Waals surface area contributed by atoms with Gasteiger partial charge in [-0.1, -0.05) is 5.16 Å². The number of carbonyl (C=O) groups is 1. The van der Waals surface area contributed by atoms with Crippen molar-refractivity contribution in [3.8, 4) is 6.01 Å². The van der Waals surface area contributed by atoms with Crippen LogP contribution < -0.4 is 4.74 Å². The minimum atomic E-state index is -0.345. The lowest BCUT2D eigenvalue weighted by molar-refractivity contribution is -0.174. The zero-order valence-corrected chi connectivity index (χ0v) is 13.3. The lowest BCUT2D eigenvalue weighted by atomic mass is 9.84. The van der Waals surface area contributed by atoms with E-state index < -0.39 is 0 Å². The Labute approximate surface area is 138 Å². The van der Waals surface area contributed by atoms with Gasteiger partial charge in [0, 0.05) is 31.3 Å². The maximum atomic E-state index is 12.3. The molecule has 2 aliphatic heterocycles. The number of aryl methyl sites for hydroxylation is 1. The smallest absolute Gasteiger partial charge is 0.316 e. The average Bonchev–Trinajstić information content (AvgIpc) is 3.00. The number of nitrogens with zero attached hydrogens (tertiary/aromatic N) is 4. The summed E-state index contributed by atoms with van der Waals surface area (Å²) >= 11 is 0. The van der Waals surface area contributed by atoms with Crippen molar-refractivity contribution in [3.63, 3.8) is 0 Å². The summed E-state index contributed by atoms with van der Waals surface area (Å²) in [4.78, 5) is 22.2. The summed E-state index contributed by atoms with van der Waals surface area (Å²) in [6.07, 6.45) is 4.80. The number of hydrogen-bond donors (Lipinski definition) is 0. The Kier molecular flexibility index (Phi) is 3.68. The molecule has 2 aliphatic rings. The predicted octanol–water partition coefficient (Wildman–Crippen LogP) is 1.23. The molecule has 4 rings (SSSR count). The molecule has 2 fully saturated rings. The van der Waals surface area contributed by atoms with Gasteiger partial charge < -0.3 is 18.9 Å². The fraction of sp³-hybridized carbons (Fsp3) is 0.500. The summed E-state index contributed by atoms with van der Waals surface area (Å²) in [5, 5.41) is 3.75. The Hall–Kier alpha value is -2.48. The molecule has 2 aromatic rings. The number of ether oxygens (including phenoxy) is 2. The second kappa shape index (κ2) is 5.86. The molecule has 0 radical (unpaired) electrons. The summed E-state index contributed by atoms with van der Waals surface area (Å²) < 4.78 is 16.8. The molecule has 0 N–H and O–H groups in total. The van der Waals surface area contributed by atoms with Crippen molar-refractivity contribution in [3.05, 3.63) is 36.0 Å². The zero-order valence-electron chi connectivity index (χ0n) is 13.3. The third-order valence-electron chi connectivity index (χ3n) is 4.35. The quantitative estimate of drug-likeness (QED) is 0.836. The molecular weight excluding hydrogens is 312 g/mol. The van der Waals surface area contributed by atoms with E-state index in [1.165, 1.54) is 0 Å². The van der Waals surface area contributed by atoms with Gasteiger partial charge in [0.15, 0.2) is 0 Å². The third-order valence-corrected chi connectivity index (χ3v) is 4.35. The largest absolute Gasteiger partial charge is 0.460 e. The molecule has 1 spiro atoms. The Morgan fingerprint density at radius 1 is 1.38 bits per heavy atom. The maximum absolute atomic E-state index is 12.3. The Morgan fingerprint density at radius 3 is 2.88 bits per heavy atom. The van der Waals surface area contributed by atoms with Gasteiger partial charge in [0.2, 0.25) is 5.76 Å². The normalized spacial score (nSPS) is 22.2. The first-order valence-corrected chi connectivity index (χ1v) is 7.94. The van der Waals surface area contributed by atoms with Gasteiger partial charge in [0.05, 0.1) is 25.4 Å². The van der Waals surface area contributed by atoms with Gasteiger partial charge >= 0.3 is 6.01 Å². The number of aromatic nitrogens is 3. The van der Waals surface area contributed by atoms with Crippen molar-refractivity contribution < 1.29 is 18.8 Å². The fourth-order valence-electron chi connectivity index (χ4n) is 3.21. The van der Waals surface area contributed by atoms with Gasteiger partial charge in [0.1, 0.15) is 11.7 Å².